The summed E-state index contributed by atoms with van der Waals surface area (Å²) in [5.74, 6) is 0. The summed E-state index contributed by atoms with van der Waals surface area (Å²) in [5, 5.41) is 28.2. The fourth-order valence-corrected chi connectivity index (χ4v) is 1.62. The highest BCUT2D eigenvalue weighted by molar-refractivity contribution is 5.07. The molecule has 3 N–H and O–H groups in total. The SMILES string of the molecule is C=C[C@]1(C)OC(O)[C@H](O)[C@H](O)[C@H]1OC. The standard InChI is InChI=1S/C9H16O5/c1-4-9(2)7(13-3)5(10)6(11)8(12)14-9/h4-8,10-12H,1H2,2-3H3/t5-,6+,7+,8?,9-/m0/s1. The van der Waals surface area contributed by atoms with Gasteiger partial charge in [-0.15, -0.1) is 6.58 Å². The van der Waals surface area contributed by atoms with Crippen LogP contribution in [-0.2, 0) is 9.47 Å². The molecule has 0 saturated carbocycles. The molecule has 1 unspecified atom stereocenters. The van der Waals surface area contributed by atoms with Crippen molar-refractivity contribution in [1.29, 1.82) is 0 Å². The van der Waals surface area contributed by atoms with E-state index >= 15 is 0 Å². The number of hydrogen-bond acceptors (Lipinski definition) is 5. The number of methoxy groups -OCH3 is 1. The van der Waals surface area contributed by atoms with E-state index in [0.29, 0.717) is 0 Å². The van der Waals surface area contributed by atoms with Gasteiger partial charge in [-0.2, -0.15) is 0 Å². The molecule has 5 nitrogen and oxygen atoms in total. The highest BCUT2D eigenvalue weighted by Crippen LogP contribution is 2.31. The van der Waals surface area contributed by atoms with Gasteiger partial charge in [0.1, 0.15) is 23.9 Å². The molecule has 5 atom stereocenters. The maximum atomic E-state index is 9.61. The molecule has 1 aliphatic rings. The first-order valence-corrected chi connectivity index (χ1v) is 4.34. The molecule has 0 aromatic heterocycles. The Hall–Kier alpha value is -0.460. The van der Waals surface area contributed by atoms with E-state index in [2.05, 4.69) is 6.58 Å². The zero-order chi connectivity index (χ0) is 10.9. The van der Waals surface area contributed by atoms with Crippen LogP contribution in [0.3, 0.4) is 0 Å². The van der Waals surface area contributed by atoms with Gasteiger partial charge in [-0.05, 0) is 6.92 Å². The van der Waals surface area contributed by atoms with Gasteiger partial charge in [-0.1, -0.05) is 6.08 Å². The average molecular weight is 204 g/mol. The van der Waals surface area contributed by atoms with Gasteiger partial charge in [0.25, 0.3) is 0 Å². The van der Waals surface area contributed by atoms with Gasteiger partial charge in [0, 0.05) is 7.11 Å². The minimum atomic E-state index is -1.43. The molecular weight excluding hydrogens is 188 g/mol. The van der Waals surface area contributed by atoms with E-state index in [-0.39, 0.29) is 0 Å². The lowest BCUT2D eigenvalue weighted by Crippen LogP contribution is -2.62. The predicted octanol–water partition coefficient (Wildman–Crippen LogP) is -0.984. The van der Waals surface area contributed by atoms with Crippen LogP contribution in [0, 0.1) is 0 Å². The van der Waals surface area contributed by atoms with Crippen molar-refractivity contribution < 1.29 is 24.8 Å². The summed E-state index contributed by atoms with van der Waals surface area (Å²) < 4.78 is 10.1. The van der Waals surface area contributed by atoms with Gasteiger partial charge in [0.15, 0.2) is 6.29 Å². The zero-order valence-corrected chi connectivity index (χ0v) is 8.25. The topological polar surface area (TPSA) is 79.2 Å². The molecule has 0 spiro atoms. The van der Waals surface area contributed by atoms with Crippen molar-refractivity contribution in [3.05, 3.63) is 12.7 Å². The Kier molecular flexibility index (Phi) is 3.28. The average Bonchev–Trinajstić information content (AvgIpc) is 2.15. The molecule has 0 amide bonds. The molecule has 1 fully saturated rings. The van der Waals surface area contributed by atoms with E-state index < -0.39 is 30.2 Å². The number of aliphatic hydroxyl groups excluding tert-OH is 3. The largest absolute Gasteiger partial charge is 0.387 e. The molecule has 1 saturated heterocycles. The Morgan fingerprint density at radius 1 is 1.36 bits per heavy atom. The number of ether oxygens (including phenoxy) is 2. The van der Waals surface area contributed by atoms with Crippen molar-refractivity contribution in [3.63, 3.8) is 0 Å². The van der Waals surface area contributed by atoms with Crippen molar-refractivity contribution in [1.82, 2.24) is 0 Å². The van der Waals surface area contributed by atoms with Gasteiger partial charge in [0.05, 0.1) is 0 Å². The molecule has 5 heteroatoms. The molecule has 1 rings (SSSR count). The van der Waals surface area contributed by atoms with Crippen LogP contribution in [0.15, 0.2) is 12.7 Å². The molecule has 1 heterocycles. The molecule has 82 valence electrons. The maximum absolute atomic E-state index is 9.61. The van der Waals surface area contributed by atoms with Crippen LogP contribution in [0.1, 0.15) is 6.92 Å². The second-order valence-electron chi connectivity index (χ2n) is 3.53. The number of aliphatic hydroxyl groups is 3. The van der Waals surface area contributed by atoms with Crippen molar-refractivity contribution in [2.75, 3.05) is 7.11 Å². The Morgan fingerprint density at radius 2 is 1.93 bits per heavy atom. The van der Waals surface area contributed by atoms with Crippen LogP contribution in [0.5, 0.6) is 0 Å². The summed E-state index contributed by atoms with van der Waals surface area (Å²) in [6, 6.07) is 0. The van der Waals surface area contributed by atoms with Crippen LogP contribution >= 0.6 is 0 Å². The van der Waals surface area contributed by atoms with Gasteiger partial charge in [0.2, 0.25) is 0 Å². The van der Waals surface area contributed by atoms with E-state index in [9.17, 15) is 15.3 Å². The van der Waals surface area contributed by atoms with Crippen LogP contribution < -0.4 is 0 Å². The van der Waals surface area contributed by atoms with Crippen molar-refractivity contribution in [3.8, 4) is 0 Å². The van der Waals surface area contributed by atoms with E-state index in [0.717, 1.165) is 0 Å². The van der Waals surface area contributed by atoms with Gasteiger partial charge >= 0.3 is 0 Å². The molecule has 0 aromatic rings. The predicted molar refractivity (Wildman–Crippen MR) is 48.5 cm³/mol. The zero-order valence-electron chi connectivity index (χ0n) is 8.25. The highest BCUT2D eigenvalue weighted by atomic mass is 16.7. The smallest absolute Gasteiger partial charge is 0.184 e. The monoisotopic (exact) mass is 204 g/mol. The van der Waals surface area contributed by atoms with Crippen LogP contribution in [-0.4, -0.2) is 52.6 Å². The first-order chi connectivity index (χ1) is 6.46. The summed E-state index contributed by atoms with van der Waals surface area (Å²) in [6.07, 6.45) is -3.32. The highest BCUT2D eigenvalue weighted by Gasteiger charge is 2.49. The third-order valence-electron chi connectivity index (χ3n) is 2.55. The number of hydrogen-bond donors (Lipinski definition) is 3. The molecule has 1 aliphatic heterocycles. The number of rotatable bonds is 2. The third kappa shape index (κ3) is 1.69. The van der Waals surface area contributed by atoms with Gasteiger partial charge in [-0.25, -0.2) is 0 Å². The second-order valence-corrected chi connectivity index (χ2v) is 3.53. The minimum absolute atomic E-state index is 0.751. The minimum Gasteiger partial charge on any atom is -0.387 e. The molecule has 0 radical (unpaired) electrons. The Bertz CT molecular complexity index is 219. The van der Waals surface area contributed by atoms with Crippen LogP contribution in [0.2, 0.25) is 0 Å². The summed E-state index contributed by atoms with van der Waals surface area (Å²) in [4.78, 5) is 0. The fraction of sp³-hybridized carbons (Fsp3) is 0.778. The Morgan fingerprint density at radius 3 is 2.36 bits per heavy atom. The lowest BCUT2D eigenvalue weighted by molar-refractivity contribution is -0.305. The molecule has 0 aromatic carbocycles. The van der Waals surface area contributed by atoms with E-state index in [1.54, 1.807) is 6.92 Å². The summed E-state index contributed by atoms with van der Waals surface area (Å²) in [5.41, 5.74) is -1.01. The molecular formula is C9H16O5. The van der Waals surface area contributed by atoms with E-state index in [4.69, 9.17) is 9.47 Å². The van der Waals surface area contributed by atoms with Gasteiger partial charge in [-0.3, -0.25) is 0 Å². The first kappa shape index (κ1) is 11.6. The molecule has 0 aliphatic carbocycles. The summed E-state index contributed by atoms with van der Waals surface area (Å²) >= 11 is 0. The van der Waals surface area contributed by atoms with Crippen LogP contribution in [0.4, 0.5) is 0 Å². The normalized spacial score (nSPS) is 48.9. The van der Waals surface area contributed by atoms with E-state index in [1.807, 2.05) is 0 Å². The van der Waals surface area contributed by atoms with Crippen molar-refractivity contribution >= 4 is 0 Å². The quantitative estimate of drug-likeness (QED) is 0.504. The Balaban J connectivity index is 2.93. The Labute approximate surface area is 82.6 Å². The fourth-order valence-electron chi connectivity index (χ4n) is 1.62. The lowest BCUT2D eigenvalue weighted by atomic mass is 9.88. The second kappa shape index (κ2) is 3.96. The van der Waals surface area contributed by atoms with E-state index in [1.165, 1.54) is 13.2 Å². The molecule has 14 heavy (non-hydrogen) atoms. The lowest BCUT2D eigenvalue weighted by Gasteiger charge is -2.45. The molecule has 0 bridgehead atoms. The van der Waals surface area contributed by atoms with Crippen molar-refractivity contribution in [2.45, 2.75) is 37.1 Å². The van der Waals surface area contributed by atoms with Crippen LogP contribution in [0.25, 0.3) is 0 Å². The third-order valence-corrected chi connectivity index (χ3v) is 2.55. The maximum Gasteiger partial charge on any atom is 0.184 e. The summed E-state index contributed by atoms with van der Waals surface area (Å²) in [6.45, 7) is 5.16. The summed E-state index contributed by atoms with van der Waals surface area (Å²) in [7, 11) is 1.39. The van der Waals surface area contributed by atoms with Crippen molar-refractivity contribution in [2.24, 2.45) is 0 Å². The first-order valence-electron chi connectivity index (χ1n) is 4.34. The van der Waals surface area contributed by atoms with Gasteiger partial charge < -0.3 is 24.8 Å².